The first-order chi connectivity index (χ1) is 9.45. The molecule has 112 valence electrons. The smallest absolute Gasteiger partial charge is 0.134 e. The normalized spacial score (nSPS) is 15.7. The van der Waals surface area contributed by atoms with E-state index in [4.69, 9.17) is 9.97 Å². The summed E-state index contributed by atoms with van der Waals surface area (Å²) in [5.74, 6) is 0.991. The number of nitrogens with zero attached hydrogens (tertiary/aromatic N) is 2. The van der Waals surface area contributed by atoms with Crippen LogP contribution in [0.15, 0.2) is 0 Å². The minimum absolute atomic E-state index is 0.0264. The molecule has 1 aromatic rings. The van der Waals surface area contributed by atoms with Gasteiger partial charge in [0, 0.05) is 22.8 Å². The monoisotopic (exact) mass is 275 g/mol. The molecule has 0 radical (unpaired) electrons. The molecule has 2 rings (SSSR count). The molecule has 1 aromatic heterocycles. The van der Waals surface area contributed by atoms with Crippen LogP contribution in [0.4, 0.5) is 0 Å². The summed E-state index contributed by atoms with van der Waals surface area (Å²) in [6.07, 6.45) is 5.75. The van der Waals surface area contributed by atoms with E-state index in [1.807, 2.05) is 0 Å². The lowest BCUT2D eigenvalue weighted by atomic mass is 9.94. The Morgan fingerprint density at radius 1 is 1.05 bits per heavy atom. The second-order valence-electron chi connectivity index (χ2n) is 6.85. The maximum atomic E-state index is 4.85. The number of hydrogen-bond donors (Lipinski definition) is 1. The van der Waals surface area contributed by atoms with E-state index in [1.165, 1.54) is 29.8 Å². The third-order valence-corrected chi connectivity index (χ3v) is 3.90. The molecule has 3 nitrogen and oxygen atoms in total. The van der Waals surface area contributed by atoms with Crippen molar-refractivity contribution in [2.24, 2.45) is 0 Å². The fraction of sp³-hybridized carbons (Fsp3) is 0.765. The first-order valence-electron chi connectivity index (χ1n) is 8.08. The van der Waals surface area contributed by atoms with Crippen LogP contribution in [0.25, 0.3) is 0 Å². The number of nitrogens with one attached hydrogen (secondary N) is 1. The SMILES string of the molecule is CCc1nc(C(C)(C)C)nc(CC)c1CCNC1CC1. The van der Waals surface area contributed by atoms with Crippen LogP contribution >= 0.6 is 0 Å². The van der Waals surface area contributed by atoms with Gasteiger partial charge in [0.15, 0.2) is 0 Å². The van der Waals surface area contributed by atoms with Gasteiger partial charge in [-0.3, -0.25) is 0 Å². The van der Waals surface area contributed by atoms with Gasteiger partial charge in [0.1, 0.15) is 5.82 Å². The molecule has 20 heavy (non-hydrogen) atoms. The van der Waals surface area contributed by atoms with Crippen molar-refractivity contribution in [3.8, 4) is 0 Å². The van der Waals surface area contributed by atoms with E-state index in [-0.39, 0.29) is 5.41 Å². The lowest BCUT2D eigenvalue weighted by Crippen LogP contribution is -2.23. The third-order valence-electron chi connectivity index (χ3n) is 3.90. The van der Waals surface area contributed by atoms with Gasteiger partial charge in [-0.15, -0.1) is 0 Å². The number of aromatic nitrogens is 2. The number of rotatable bonds is 6. The van der Waals surface area contributed by atoms with E-state index >= 15 is 0 Å². The van der Waals surface area contributed by atoms with E-state index in [1.54, 1.807) is 0 Å². The molecular weight excluding hydrogens is 246 g/mol. The van der Waals surface area contributed by atoms with Gasteiger partial charge in [0.05, 0.1) is 0 Å². The zero-order valence-corrected chi connectivity index (χ0v) is 13.7. The zero-order chi connectivity index (χ0) is 14.8. The Kier molecular flexibility index (Phi) is 4.79. The summed E-state index contributed by atoms with van der Waals surface area (Å²) in [6, 6.07) is 0.778. The molecule has 0 saturated heterocycles. The van der Waals surface area contributed by atoms with E-state index < -0.39 is 0 Å². The molecule has 1 N–H and O–H groups in total. The van der Waals surface area contributed by atoms with Gasteiger partial charge >= 0.3 is 0 Å². The maximum Gasteiger partial charge on any atom is 0.134 e. The number of hydrogen-bond acceptors (Lipinski definition) is 3. The molecule has 1 aliphatic carbocycles. The molecule has 1 fully saturated rings. The van der Waals surface area contributed by atoms with Crippen molar-refractivity contribution in [3.05, 3.63) is 22.8 Å². The van der Waals surface area contributed by atoms with Gasteiger partial charge in [-0.25, -0.2) is 9.97 Å². The van der Waals surface area contributed by atoms with Crippen molar-refractivity contribution >= 4 is 0 Å². The zero-order valence-electron chi connectivity index (χ0n) is 13.7. The summed E-state index contributed by atoms with van der Waals surface area (Å²) < 4.78 is 0. The van der Waals surface area contributed by atoms with E-state index in [9.17, 15) is 0 Å². The van der Waals surface area contributed by atoms with Gasteiger partial charge in [-0.2, -0.15) is 0 Å². The summed E-state index contributed by atoms with van der Waals surface area (Å²) in [5, 5.41) is 3.60. The Bertz CT molecular complexity index is 431. The Morgan fingerprint density at radius 3 is 2.00 bits per heavy atom. The molecular formula is C17H29N3. The predicted molar refractivity (Wildman–Crippen MR) is 84.2 cm³/mol. The Morgan fingerprint density at radius 2 is 1.60 bits per heavy atom. The van der Waals surface area contributed by atoms with Crippen molar-refractivity contribution in [1.82, 2.24) is 15.3 Å². The van der Waals surface area contributed by atoms with Gasteiger partial charge in [0.2, 0.25) is 0 Å². The highest BCUT2D eigenvalue weighted by Crippen LogP contribution is 2.23. The van der Waals surface area contributed by atoms with E-state index in [2.05, 4.69) is 39.9 Å². The van der Waals surface area contributed by atoms with Crippen molar-refractivity contribution in [2.45, 2.75) is 78.2 Å². The molecule has 1 heterocycles. The standard InChI is InChI=1S/C17H29N3/c1-6-14-13(10-11-18-12-8-9-12)15(7-2)20-16(19-14)17(3,4)5/h12,18H,6-11H2,1-5H3. The van der Waals surface area contributed by atoms with Crippen molar-refractivity contribution < 1.29 is 0 Å². The Hall–Kier alpha value is -0.960. The van der Waals surface area contributed by atoms with Crippen LogP contribution in [-0.4, -0.2) is 22.6 Å². The average Bonchev–Trinajstić information content (AvgIpc) is 3.21. The summed E-state index contributed by atoms with van der Waals surface area (Å²) >= 11 is 0. The molecule has 0 aromatic carbocycles. The van der Waals surface area contributed by atoms with Crippen LogP contribution in [-0.2, 0) is 24.7 Å². The van der Waals surface area contributed by atoms with Crippen molar-refractivity contribution in [1.29, 1.82) is 0 Å². The summed E-state index contributed by atoms with van der Waals surface area (Å²) in [5.41, 5.74) is 3.91. The topological polar surface area (TPSA) is 37.8 Å². The van der Waals surface area contributed by atoms with Crippen LogP contribution < -0.4 is 5.32 Å². The minimum Gasteiger partial charge on any atom is -0.314 e. The molecule has 0 bridgehead atoms. The molecule has 0 aliphatic heterocycles. The molecule has 0 unspecified atom stereocenters. The lowest BCUT2D eigenvalue weighted by Gasteiger charge is -2.21. The average molecular weight is 275 g/mol. The minimum atomic E-state index is 0.0264. The summed E-state index contributed by atoms with van der Waals surface area (Å²) in [7, 11) is 0. The fourth-order valence-corrected chi connectivity index (χ4v) is 2.48. The summed E-state index contributed by atoms with van der Waals surface area (Å²) in [4.78, 5) is 9.69. The largest absolute Gasteiger partial charge is 0.314 e. The molecule has 0 amide bonds. The Labute approximate surface area is 123 Å². The number of aryl methyl sites for hydroxylation is 2. The van der Waals surface area contributed by atoms with Crippen LogP contribution in [0.2, 0.25) is 0 Å². The molecule has 1 saturated carbocycles. The van der Waals surface area contributed by atoms with Gasteiger partial charge in [0.25, 0.3) is 0 Å². The van der Waals surface area contributed by atoms with Gasteiger partial charge in [-0.05, 0) is 44.2 Å². The fourth-order valence-electron chi connectivity index (χ4n) is 2.48. The van der Waals surface area contributed by atoms with Gasteiger partial charge < -0.3 is 5.32 Å². The third kappa shape index (κ3) is 3.78. The highest BCUT2D eigenvalue weighted by molar-refractivity contribution is 5.28. The summed E-state index contributed by atoms with van der Waals surface area (Å²) in [6.45, 7) is 12.0. The highest BCUT2D eigenvalue weighted by Gasteiger charge is 2.22. The van der Waals surface area contributed by atoms with Crippen molar-refractivity contribution in [2.75, 3.05) is 6.54 Å². The molecule has 0 spiro atoms. The second-order valence-corrected chi connectivity index (χ2v) is 6.85. The highest BCUT2D eigenvalue weighted by atomic mass is 14.9. The molecule has 3 heteroatoms. The quantitative estimate of drug-likeness (QED) is 0.866. The predicted octanol–water partition coefficient (Wildman–Crippen LogP) is 3.19. The lowest BCUT2D eigenvalue weighted by molar-refractivity contribution is 0.534. The van der Waals surface area contributed by atoms with Crippen molar-refractivity contribution in [3.63, 3.8) is 0 Å². The van der Waals surface area contributed by atoms with Crippen LogP contribution in [0.5, 0.6) is 0 Å². The molecule has 0 atom stereocenters. The van der Waals surface area contributed by atoms with Crippen LogP contribution in [0, 0.1) is 0 Å². The Balaban J connectivity index is 2.23. The van der Waals surface area contributed by atoms with Crippen LogP contribution in [0.1, 0.15) is 70.2 Å². The first-order valence-corrected chi connectivity index (χ1v) is 8.08. The first kappa shape index (κ1) is 15.4. The van der Waals surface area contributed by atoms with Crippen LogP contribution in [0.3, 0.4) is 0 Å². The van der Waals surface area contributed by atoms with E-state index in [0.29, 0.717) is 0 Å². The molecule has 1 aliphatic rings. The second kappa shape index (κ2) is 6.21. The maximum absolute atomic E-state index is 4.85. The van der Waals surface area contributed by atoms with Gasteiger partial charge in [-0.1, -0.05) is 34.6 Å². The van der Waals surface area contributed by atoms with E-state index in [0.717, 1.165) is 37.7 Å².